The van der Waals surface area contributed by atoms with Gasteiger partial charge in [-0.3, -0.25) is 0 Å². The fraction of sp³-hybridized carbons (Fsp3) is 0.667. The van der Waals surface area contributed by atoms with E-state index in [1.54, 1.807) is 0 Å². The molecule has 0 aromatic carbocycles. The standard InChI is InChI=1S/C9H13BrN2O/c1-12-6-11-8(9(12)10)7-2-4-13-5-3-7/h6-7H,2-5H2,1H3. The fourth-order valence-electron chi connectivity index (χ4n) is 1.68. The molecule has 0 amide bonds. The molecule has 1 saturated heterocycles. The van der Waals surface area contributed by atoms with E-state index in [4.69, 9.17) is 4.74 Å². The molecule has 13 heavy (non-hydrogen) atoms. The summed E-state index contributed by atoms with van der Waals surface area (Å²) in [5.74, 6) is 0.573. The third kappa shape index (κ3) is 1.79. The van der Waals surface area contributed by atoms with Crippen molar-refractivity contribution in [1.82, 2.24) is 9.55 Å². The Kier molecular flexibility index (Phi) is 2.69. The minimum absolute atomic E-state index is 0.573. The van der Waals surface area contributed by atoms with Crippen LogP contribution in [0.15, 0.2) is 10.9 Å². The van der Waals surface area contributed by atoms with Crippen LogP contribution in [0.2, 0.25) is 0 Å². The summed E-state index contributed by atoms with van der Waals surface area (Å²) in [5, 5.41) is 0. The summed E-state index contributed by atoms with van der Waals surface area (Å²) in [5.41, 5.74) is 1.19. The molecule has 0 bridgehead atoms. The summed E-state index contributed by atoms with van der Waals surface area (Å²) in [7, 11) is 2.00. The van der Waals surface area contributed by atoms with Gasteiger partial charge in [0.15, 0.2) is 0 Å². The van der Waals surface area contributed by atoms with Crippen molar-refractivity contribution in [3.05, 3.63) is 16.6 Å². The molecule has 0 spiro atoms. The number of halogens is 1. The maximum absolute atomic E-state index is 5.32. The van der Waals surface area contributed by atoms with Crippen LogP contribution in [0.4, 0.5) is 0 Å². The summed E-state index contributed by atoms with van der Waals surface area (Å²) in [4.78, 5) is 4.40. The van der Waals surface area contributed by atoms with Crippen LogP contribution in [0, 0.1) is 0 Å². The molecule has 3 nitrogen and oxygen atoms in total. The molecular formula is C9H13BrN2O. The van der Waals surface area contributed by atoms with Crippen molar-refractivity contribution in [1.29, 1.82) is 0 Å². The molecule has 4 heteroatoms. The van der Waals surface area contributed by atoms with Crippen LogP contribution >= 0.6 is 15.9 Å². The molecule has 2 rings (SSSR count). The van der Waals surface area contributed by atoms with Crippen LogP contribution in [0.1, 0.15) is 24.5 Å². The molecule has 1 fully saturated rings. The molecular weight excluding hydrogens is 232 g/mol. The monoisotopic (exact) mass is 244 g/mol. The Morgan fingerprint density at radius 2 is 2.23 bits per heavy atom. The fourth-order valence-corrected chi connectivity index (χ4v) is 2.20. The molecule has 2 heterocycles. The van der Waals surface area contributed by atoms with Crippen LogP contribution in [0.5, 0.6) is 0 Å². The number of ether oxygens (including phenoxy) is 1. The maximum Gasteiger partial charge on any atom is 0.108 e. The maximum atomic E-state index is 5.32. The van der Waals surface area contributed by atoms with Crippen molar-refractivity contribution < 1.29 is 4.74 Å². The summed E-state index contributed by atoms with van der Waals surface area (Å²) < 4.78 is 8.43. The van der Waals surface area contributed by atoms with Gasteiger partial charge in [-0.2, -0.15) is 0 Å². The minimum atomic E-state index is 0.573. The summed E-state index contributed by atoms with van der Waals surface area (Å²) in [6.07, 6.45) is 4.04. The van der Waals surface area contributed by atoms with E-state index < -0.39 is 0 Å². The van der Waals surface area contributed by atoms with Gasteiger partial charge in [0.2, 0.25) is 0 Å². The van der Waals surface area contributed by atoms with E-state index in [0.29, 0.717) is 5.92 Å². The zero-order chi connectivity index (χ0) is 9.26. The second-order valence-corrected chi connectivity index (χ2v) is 4.17. The SMILES string of the molecule is Cn1cnc(C2CCOCC2)c1Br. The molecule has 72 valence electrons. The van der Waals surface area contributed by atoms with Gasteiger partial charge in [-0.05, 0) is 28.8 Å². The summed E-state index contributed by atoms with van der Waals surface area (Å²) in [6, 6.07) is 0. The lowest BCUT2D eigenvalue weighted by Crippen LogP contribution is -2.14. The third-order valence-corrected chi connectivity index (χ3v) is 3.46. The van der Waals surface area contributed by atoms with Crippen LogP contribution in [0.3, 0.4) is 0 Å². The smallest absolute Gasteiger partial charge is 0.108 e. The van der Waals surface area contributed by atoms with E-state index >= 15 is 0 Å². The molecule has 1 aliphatic rings. The van der Waals surface area contributed by atoms with Gasteiger partial charge in [-0.25, -0.2) is 4.98 Å². The van der Waals surface area contributed by atoms with Crippen LogP contribution in [0.25, 0.3) is 0 Å². The Morgan fingerprint density at radius 1 is 1.54 bits per heavy atom. The second-order valence-electron chi connectivity index (χ2n) is 3.42. The molecule has 0 unspecified atom stereocenters. The predicted molar refractivity (Wildman–Crippen MR) is 53.7 cm³/mol. The Hall–Kier alpha value is -0.350. The van der Waals surface area contributed by atoms with E-state index in [9.17, 15) is 0 Å². The molecule has 1 aromatic heterocycles. The van der Waals surface area contributed by atoms with E-state index in [0.717, 1.165) is 30.7 Å². The molecule has 1 aromatic rings. The van der Waals surface area contributed by atoms with Crippen molar-refractivity contribution in [3.8, 4) is 0 Å². The number of aromatic nitrogens is 2. The number of aryl methyl sites for hydroxylation is 1. The van der Waals surface area contributed by atoms with E-state index in [1.807, 2.05) is 17.9 Å². The first kappa shape index (κ1) is 9.21. The molecule has 1 aliphatic heterocycles. The predicted octanol–water partition coefficient (Wildman–Crippen LogP) is 2.08. The van der Waals surface area contributed by atoms with Crippen LogP contribution in [-0.2, 0) is 11.8 Å². The Balaban J connectivity index is 2.18. The first-order valence-corrected chi connectivity index (χ1v) is 5.33. The third-order valence-electron chi connectivity index (χ3n) is 2.50. The van der Waals surface area contributed by atoms with Gasteiger partial charge < -0.3 is 9.30 Å². The average Bonchev–Trinajstić information content (AvgIpc) is 2.49. The zero-order valence-corrected chi connectivity index (χ0v) is 9.25. The van der Waals surface area contributed by atoms with E-state index in [1.165, 1.54) is 5.69 Å². The highest BCUT2D eigenvalue weighted by molar-refractivity contribution is 9.10. The largest absolute Gasteiger partial charge is 0.381 e. The molecule has 0 saturated carbocycles. The van der Waals surface area contributed by atoms with Crippen molar-refractivity contribution >= 4 is 15.9 Å². The second kappa shape index (κ2) is 3.80. The molecule has 0 radical (unpaired) electrons. The average molecular weight is 245 g/mol. The highest BCUT2D eigenvalue weighted by Gasteiger charge is 2.20. The van der Waals surface area contributed by atoms with Gasteiger partial charge in [0.05, 0.1) is 12.0 Å². The minimum Gasteiger partial charge on any atom is -0.381 e. The number of hydrogen-bond acceptors (Lipinski definition) is 2. The highest BCUT2D eigenvalue weighted by atomic mass is 79.9. The number of nitrogens with zero attached hydrogens (tertiary/aromatic N) is 2. The van der Waals surface area contributed by atoms with Gasteiger partial charge in [0.25, 0.3) is 0 Å². The lowest BCUT2D eigenvalue weighted by atomic mass is 9.97. The van der Waals surface area contributed by atoms with Gasteiger partial charge in [0, 0.05) is 26.2 Å². The first-order valence-electron chi connectivity index (χ1n) is 4.53. The van der Waals surface area contributed by atoms with Gasteiger partial charge in [-0.15, -0.1) is 0 Å². The molecule has 0 atom stereocenters. The van der Waals surface area contributed by atoms with Gasteiger partial charge >= 0.3 is 0 Å². The Labute approximate surface area is 86.2 Å². The topological polar surface area (TPSA) is 27.1 Å². The highest BCUT2D eigenvalue weighted by Crippen LogP contribution is 2.30. The normalized spacial score (nSPS) is 19.2. The quantitative estimate of drug-likeness (QED) is 0.757. The van der Waals surface area contributed by atoms with Gasteiger partial charge in [-0.1, -0.05) is 0 Å². The van der Waals surface area contributed by atoms with Crippen LogP contribution in [-0.4, -0.2) is 22.8 Å². The van der Waals surface area contributed by atoms with E-state index in [2.05, 4.69) is 20.9 Å². The van der Waals surface area contributed by atoms with Crippen LogP contribution < -0.4 is 0 Å². The van der Waals surface area contributed by atoms with Crippen molar-refractivity contribution in [2.75, 3.05) is 13.2 Å². The number of rotatable bonds is 1. The summed E-state index contributed by atoms with van der Waals surface area (Å²) in [6.45, 7) is 1.74. The van der Waals surface area contributed by atoms with E-state index in [-0.39, 0.29) is 0 Å². The lowest BCUT2D eigenvalue weighted by molar-refractivity contribution is 0.0844. The summed E-state index contributed by atoms with van der Waals surface area (Å²) >= 11 is 3.55. The Bertz CT molecular complexity index is 292. The zero-order valence-electron chi connectivity index (χ0n) is 7.66. The number of hydrogen-bond donors (Lipinski definition) is 0. The van der Waals surface area contributed by atoms with Crippen molar-refractivity contribution in [2.45, 2.75) is 18.8 Å². The lowest BCUT2D eigenvalue weighted by Gasteiger charge is -2.20. The Morgan fingerprint density at radius 3 is 2.77 bits per heavy atom. The first-order chi connectivity index (χ1) is 6.29. The van der Waals surface area contributed by atoms with Gasteiger partial charge in [0.1, 0.15) is 4.60 Å². The molecule has 0 N–H and O–H groups in total. The van der Waals surface area contributed by atoms with Crippen molar-refractivity contribution in [2.24, 2.45) is 7.05 Å². The van der Waals surface area contributed by atoms with Crippen molar-refractivity contribution in [3.63, 3.8) is 0 Å². The number of imidazole rings is 1. The molecule has 0 aliphatic carbocycles.